The number of nitrogen functional groups attached to an aromatic ring is 1. The van der Waals surface area contributed by atoms with Crippen molar-refractivity contribution >= 4 is 23.1 Å². The standard InChI is InChI=1S/C11H14N2O3S/c12-10-7-9(1-2-11(10)13(14)15)17-8-3-5-16-6-4-8/h1-2,7-8H,3-6,12H2. The van der Waals surface area contributed by atoms with Gasteiger partial charge in [-0.25, -0.2) is 0 Å². The number of nitrogens with two attached hydrogens (primary N) is 1. The van der Waals surface area contributed by atoms with E-state index >= 15 is 0 Å². The molecule has 5 nitrogen and oxygen atoms in total. The molecule has 0 unspecified atom stereocenters. The number of nitro groups is 1. The second-order valence-electron chi connectivity index (χ2n) is 3.91. The highest BCUT2D eigenvalue weighted by molar-refractivity contribution is 8.00. The van der Waals surface area contributed by atoms with Crippen LogP contribution in [0.2, 0.25) is 0 Å². The van der Waals surface area contributed by atoms with Crippen LogP contribution in [0.1, 0.15) is 12.8 Å². The second-order valence-corrected chi connectivity index (χ2v) is 5.28. The summed E-state index contributed by atoms with van der Waals surface area (Å²) in [5.41, 5.74) is 5.85. The third-order valence-electron chi connectivity index (χ3n) is 2.67. The Labute approximate surface area is 103 Å². The molecule has 17 heavy (non-hydrogen) atoms. The fraction of sp³-hybridized carbons (Fsp3) is 0.455. The predicted molar refractivity (Wildman–Crippen MR) is 67.2 cm³/mol. The molecule has 0 aliphatic carbocycles. The average Bonchev–Trinajstić information content (AvgIpc) is 2.30. The number of hydrogen-bond acceptors (Lipinski definition) is 5. The summed E-state index contributed by atoms with van der Waals surface area (Å²) in [5.74, 6) is 0. The number of anilines is 1. The molecule has 1 aromatic carbocycles. The first-order valence-electron chi connectivity index (χ1n) is 5.45. The van der Waals surface area contributed by atoms with Crippen molar-refractivity contribution < 1.29 is 9.66 Å². The van der Waals surface area contributed by atoms with Gasteiger partial charge in [-0.1, -0.05) is 0 Å². The van der Waals surface area contributed by atoms with Crippen LogP contribution in [0.25, 0.3) is 0 Å². The molecule has 92 valence electrons. The van der Waals surface area contributed by atoms with Gasteiger partial charge >= 0.3 is 0 Å². The first-order chi connectivity index (χ1) is 8.16. The minimum absolute atomic E-state index is 0.0265. The van der Waals surface area contributed by atoms with Gasteiger partial charge in [0.05, 0.1) is 4.92 Å². The number of hydrogen-bond donors (Lipinski definition) is 1. The Balaban J connectivity index is 2.06. The van der Waals surface area contributed by atoms with E-state index in [2.05, 4.69) is 0 Å². The monoisotopic (exact) mass is 254 g/mol. The van der Waals surface area contributed by atoms with Crippen molar-refractivity contribution in [1.29, 1.82) is 0 Å². The van der Waals surface area contributed by atoms with Crippen LogP contribution in [0.4, 0.5) is 11.4 Å². The normalized spacial score (nSPS) is 16.9. The summed E-state index contributed by atoms with van der Waals surface area (Å²) in [6.07, 6.45) is 2.03. The van der Waals surface area contributed by atoms with Crippen molar-refractivity contribution in [3.05, 3.63) is 28.3 Å². The molecule has 1 aromatic rings. The second kappa shape index (κ2) is 5.37. The zero-order chi connectivity index (χ0) is 12.3. The highest BCUT2D eigenvalue weighted by atomic mass is 32.2. The van der Waals surface area contributed by atoms with E-state index in [0.29, 0.717) is 5.25 Å². The highest BCUT2D eigenvalue weighted by Gasteiger charge is 2.17. The molecule has 0 radical (unpaired) electrons. The Morgan fingerprint density at radius 3 is 2.71 bits per heavy atom. The number of nitro benzene ring substituents is 1. The topological polar surface area (TPSA) is 78.4 Å². The highest BCUT2D eigenvalue weighted by Crippen LogP contribution is 2.33. The minimum atomic E-state index is -0.460. The van der Waals surface area contributed by atoms with Crippen LogP contribution >= 0.6 is 11.8 Å². The van der Waals surface area contributed by atoms with Gasteiger partial charge in [0.2, 0.25) is 0 Å². The molecule has 1 aliphatic rings. The third-order valence-corrected chi connectivity index (χ3v) is 4.00. The summed E-state index contributed by atoms with van der Waals surface area (Å²) < 4.78 is 5.28. The molecule has 0 saturated carbocycles. The van der Waals surface area contributed by atoms with Crippen LogP contribution in [-0.2, 0) is 4.74 Å². The maximum atomic E-state index is 10.6. The predicted octanol–water partition coefficient (Wildman–Crippen LogP) is 2.45. The van der Waals surface area contributed by atoms with E-state index in [4.69, 9.17) is 10.5 Å². The average molecular weight is 254 g/mol. The molecule has 1 heterocycles. The summed E-state index contributed by atoms with van der Waals surface area (Å²) in [6, 6.07) is 4.91. The summed E-state index contributed by atoms with van der Waals surface area (Å²) in [7, 11) is 0. The largest absolute Gasteiger partial charge is 0.393 e. The molecule has 1 aliphatic heterocycles. The van der Waals surface area contributed by atoms with E-state index in [-0.39, 0.29) is 11.4 Å². The van der Waals surface area contributed by atoms with Crippen LogP contribution in [0.5, 0.6) is 0 Å². The van der Waals surface area contributed by atoms with Crippen molar-refractivity contribution in [2.45, 2.75) is 23.0 Å². The Morgan fingerprint density at radius 2 is 2.12 bits per heavy atom. The summed E-state index contributed by atoms with van der Waals surface area (Å²) in [6.45, 7) is 1.58. The fourth-order valence-electron chi connectivity index (χ4n) is 1.76. The third kappa shape index (κ3) is 3.10. The van der Waals surface area contributed by atoms with Gasteiger partial charge in [0.15, 0.2) is 0 Å². The van der Waals surface area contributed by atoms with E-state index in [0.717, 1.165) is 31.0 Å². The first kappa shape index (κ1) is 12.2. The van der Waals surface area contributed by atoms with Gasteiger partial charge < -0.3 is 10.5 Å². The molecule has 0 atom stereocenters. The lowest BCUT2D eigenvalue weighted by Gasteiger charge is -2.21. The maximum Gasteiger partial charge on any atom is 0.292 e. The van der Waals surface area contributed by atoms with E-state index in [1.807, 2.05) is 0 Å². The van der Waals surface area contributed by atoms with Gasteiger partial charge in [-0.2, -0.15) is 0 Å². The Bertz CT molecular complexity index is 419. The van der Waals surface area contributed by atoms with Gasteiger partial charge in [0, 0.05) is 29.4 Å². The van der Waals surface area contributed by atoms with Crippen molar-refractivity contribution in [2.75, 3.05) is 18.9 Å². The van der Waals surface area contributed by atoms with Crippen LogP contribution in [-0.4, -0.2) is 23.4 Å². The van der Waals surface area contributed by atoms with Crippen LogP contribution in [0.15, 0.2) is 23.1 Å². The molecule has 1 fully saturated rings. The summed E-state index contributed by atoms with van der Waals surface area (Å²) in [4.78, 5) is 11.2. The number of rotatable bonds is 3. The molecule has 2 rings (SSSR count). The van der Waals surface area contributed by atoms with Crippen LogP contribution in [0.3, 0.4) is 0 Å². The fourth-order valence-corrected chi connectivity index (χ4v) is 2.91. The molecule has 1 saturated heterocycles. The van der Waals surface area contributed by atoms with Crippen molar-refractivity contribution in [3.8, 4) is 0 Å². The number of benzene rings is 1. The molecule has 0 bridgehead atoms. The maximum absolute atomic E-state index is 10.6. The van der Waals surface area contributed by atoms with Crippen molar-refractivity contribution in [2.24, 2.45) is 0 Å². The first-order valence-corrected chi connectivity index (χ1v) is 6.33. The number of nitrogens with zero attached hydrogens (tertiary/aromatic N) is 1. The molecule has 0 amide bonds. The molecule has 0 spiro atoms. The lowest BCUT2D eigenvalue weighted by Crippen LogP contribution is -2.17. The summed E-state index contributed by atoms with van der Waals surface area (Å²) >= 11 is 1.72. The number of ether oxygens (including phenoxy) is 1. The van der Waals surface area contributed by atoms with Crippen molar-refractivity contribution in [3.63, 3.8) is 0 Å². The van der Waals surface area contributed by atoms with Gasteiger partial charge in [0.1, 0.15) is 5.69 Å². The molecule has 6 heteroatoms. The molecule has 2 N–H and O–H groups in total. The Hall–Kier alpha value is -1.27. The van der Waals surface area contributed by atoms with E-state index in [1.165, 1.54) is 6.07 Å². The van der Waals surface area contributed by atoms with Crippen molar-refractivity contribution in [1.82, 2.24) is 0 Å². The molecular formula is C11H14N2O3S. The van der Waals surface area contributed by atoms with E-state index in [9.17, 15) is 10.1 Å². The van der Waals surface area contributed by atoms with Gasteiger partial charge in [-0.15, -0.1) is 11.8 Å². The Morgan fingerprint density at radius 1 is 1.41 bits per heavy atom. The quantitative estimate of drug-likeness (QED) is 0.509. The zero-order valence-corrected chi connectivity index (χ0v) is 10.1. The molecular weight excluding hydrogens is 240 g/mol. The SMILES string of the molecule is Nc1cc(SC2CCOCC2)ccc1[N+](=O)[O-]. The number of thioether (sulfide) groups is 1. The zero-order valence-electron chi connectivity index (χ0n) is 9.30. The van der Waals surface area contributed by atoms with Gasteiger partial charge in [-0.3, -0.25) is 10.1 Å². The van der Waals surface area contributed by atoms with Gasteiger partial charge in [0.25, 0.3) is 5.69 Å². The van der Waals surface area contributed by atoms with Gasteiger partial charge in [-0.05, 0) is 25.0 Å². The lowest BCUT2D eigenvalue weighted by atomic mass is 10.2. The summed E-state index contributed by atoms with van der Waals surface area (Å²) in [5, 5.41) is 11.1. The van der Waals surface area contributed by atoms with Crippen LogP contribution < -0.4 is 5.73 Å². The lowest BCUT2D eigenvalue weighted by molar-refractivity contribution is -0.383. The van der Waals surface area contributed by atoms with Crippen LogP contribution in [0, 0.1) is 10.1 Å². The van der Waals surface area contributed by atoms with E-state index < -0.39 is 4.92 Å². The van der Waals surface area contributed by atoms with E-state index in [1.54, 1.807) is 23.9 Å². The molecule has 0 aromatic heterocycles. The smallest absolute Gasteiger partial charge is 0.292 e. The minimum Gasteiger partial charge on any atom is -0.393 e. The Kier molecular flexibility index (Phi) is 3.86.